The highest BCUT2D eigenvalue weighted by Gasteiger charge is 2.26. The summed E-state index contributed by atoms with van der Waals surface area (Å²) >= 11 is 0. The lowest BCUT2D eigenvalue weighted by Gasteiger charge is -2.07. The zero-order valence-electron chi connectivity index (χ0n) is 13.2. The number of H-pyrrole nitrogens is 1. The van der Waals surface area contributed by atoms with Crippen molar-refractivity contribution in [3.05, 3.63) is 54.2 Å². The molecule has 2 heterocycles. The topological polar surface area (TPSA) is 82.7 Å². The van der Waals surface area contributed by atoms with Crippen molar-refractivity contribution in [1.82, 2.24) is 20.3 Å². The summed E-state index contributed by atoms with van der Waals surface area (Å²) in [7, 11) is 0. The number of hydrogen-bond donors (Lipinski definition) is 3. The third kappa shape index (κ3) is 3.37. The second-order valence-electron chi connectivity index (χ2n) is 6.12. The average molecular weight is 321 g/mol. The molecule has 2 aromatic heterocycles. The Morgan fingerprint density at radius 1 is 1.21 bits per heavy atom. The fourth-order valence-corrected chi connectivity index (χ4v) is 2.71. The number of nitrogens with one attached hydrogen (secondary N) is 3. The Kier molecular flexibility index (Phi) is 3.86. The fourth-order valence-electron chi connectivity index (χ4n) is 2.71. The SMILES string of the molecule is O=C(NCCc1cc2ccccc2[nH]1)Nc1cnc(C2CC2)nc1. The van der Waals surface area contributed by atoms with Gasteiger partial charge in [0.25, 0.3) is 0 Å². The van der Waals surface area contributed by atoms with Crippen molar-refractivity contribution in [3.63, 3.8) is 0 Å². The van der Waals surface area contributed by atoms with Crippen LogP contribution < -0.4 is 10.6 Å². The van der Waals surface area contributed by atoms with E-state index >= 15 is 0 Å². The molecular weight excluding hydrogens is 302 g/mol. The predicted molar refractivity (Wildman–Crippen MR) is 93.0 cm³/mol. The Labute approximate surface area is 139 Å². The van der Waals surface area contributed by atoms with Gasteiger partial charge in [-0.3, -0.25) is 0 Å². The van der Waals surface area contributed by atoms with Gasteiger partial charge in [-0.25, -0.2) is 14.8 Å². The van der Waals surface area contributed by atoms with Gasteiger partial charge in [0.05, 0.1) is 18.1 Å². The van der Waals surface area contributed by atoms with Crippen molar-refractivity contribution in [3.8, 4) is 0 Å². The van der Waals surface area contributed by atoms with Gasteiger partial charge in [0.15, 0.2) is 0 Å². The Morgan fingerprint density at radius 3 is 2.75 bits per heavy atom. The third-order valence-corrected chi connectivity index (χ3v) is 4.14. The number of carbonyl (C=O) groups is 1. The first-order valence-corrected chi connectivity index (χ1v) is 8.21. The molecule has 1 aromatic carbocycles. The molecule has 122 valence electrons. The smallest absolute Gasteiger partial charge is 0.319 e. The van der Waals surface area contributed by atoms with Crippen molar-refractivity contribution in [2.45, 2.75) is 25.2 Å². The summed E-state index contributed by atoms with van der Waals surface area (Å²) in [5.74, 6) is 1.39. The van der Waals surface area contributed by atoms with Crippen LogP contribution in [-0.4, -0.2) is 27.5 Å². The molecule has 0 saturated heterocycles. The van der Waals surface area contributed by atoms with Crippen molar-refractivity contribution >= 4 is 22.6 Å². The molecule has 4 rings (SSSR count). The number of aromatic nitrogens is 3. The first-order chi connectivity index (χ1) is 11.8. The van der Waals surface area contributed by atoms with Gasteiger partial charge in [-0.1, -0.05) is 18.2 Å². The minimum atomic E-state index is -0.242. The molecule has 0 spiro atoms. The maximum Gasteiger partial charge on any atom is 0.319 e. The van der Waals surface area contributed by atoms with E-state index in [1.165, 1.54) is 18.2 Å². The van der Waals surface area contributed by atoms with Crippen LogP contribution in [-0.2, 0) is 6.42 Å². The number of benzene rings is 1. The maximum atomic E-state index is 11.9. The molecular formula is C18H19N5O. The molecule has 6 nitrogen and oxygen atoms in total. The number of amides is 2. The number of carbonyl (C=O) groups excluding carboxylic acids is 1. The zero-order valence-corrected chi connectivity index (χ0v) is 13.2. The molecule has 1 aliphatic carbocycles. The van der Waals surface area contributed by atoms with E-state index in [2.05, 4.69) is 37.7 Å². The van der Waals surface area contributed by atoms with Crippen LogP contribution in [0.1, 0.15) is 30.3 Å². The quantitative estimate of drug-likeness (QED) is 0.675. The largest absolute Gasteiger partial charge is 0.358 e. The molecule has 0 radical (unpaired) electrons. The molecule has 6 heteroatoms. The van der Waals surface area contributed by atoms with Gasteiger partial charge in [0.1, 0.15) is 5.82 Å². The molecule has 0 unspecified atom stereocenters. The molecule has 0 atom stereocenters. The number of para-hydroxylation sites is 1. The van der Waals surface area contributed by atoms with Gasteiger partial charge >= 0.3 is 6.03 Å². The fraction of sp³-hybridized carbons (Fsp3) is 0.278. The molecule has 0 bridgehead atoms. The minimum absolute atomic E-state index is 0.242. The number of anilines is 1. The normalized spacial score (nSPS) is 13.8. The molecule has 24 heavy (non-hydrogen) atoms. The van der Waals surface area contributed by atoms with Crippen LogP contribution in [0, 0.1) is 0 Å². The predicted octanol–water partition coefficient (Wildman–Crippen LogP) is 3.20. The Morgan fingerprint density at radius 2 is 2.00 bits per heavy atom. The van der Waals surface area contributed by atoms with E-state index in [0.717, 1.165) is 23.5 Å². The molecule has 1 aliphatic rings. The van der Waals surface area contributed by atoms with Gasteiger partial charge < -0.3 is 15.6 Å². The highest BCUT2D eigenvalue weighted by Crippen LogP contribution is 2.37. The summed E-state index contributed by atoms with van der Waals surface area (Å²) in [6, 6.07) is 10.0. The highest BCUT2D eigenvalue weighted by atomic mass is 16.2. The number of fused-ring (bicyclic) bond motifs is 1. The van der Waals surface area contributed by atoms with E-state index in [0.29, 0.717) is 18.2 Å². The zero-order chi connectivity index (χ0) is 16.4. The second-order valence-corrected chi connectivity index (χ2v) is 6.12. The van der Waals surface area contributed by atoms with Gasteiger partial charge in [-0.05, 0) is 30.4 Å². The van der Waals surface area contributed by atoms with Gasteiger partial charge in [-0.2, -0.15) is 0 Å². The van der Waals surface area contributed by atoms with Crippen LogP contribution in [0.3, 0.4) is 0 Å². The average Bonchev–Trinajstić information content (AvgIpc) is 3.35. The Balaban J connectivity index is 1.26. The first kappa shape index (κ1) is 14.7. The molecule has 3 aromatic rings. The van der Waals surface area contributed by atoms with Gasteiger partial charge in [0.2, 0.25) is 0 Å². The molecule has 1 saturated carbocycles. The van der Waals surface area contributed by atoms with Gasteiger partial charge in [0, 0.05) is 30.1 Å². The minimum Gasteiger partial charge on any atom is -0.358 e. The first-order valence-electron chi connectivity index (χ1n) is 8.21. The maximum absolute atomic E-state index is 11.9. The van der Waals surface area contributed by atoms with Crippen LogP contribution >= 0.6 is 0 Å². The summed E-state index contributed by atoms with van der Waals surface area (Å²) in [4.78, 5) is 23.8. The second kappa shape index (κ2) is 6.31. The molecule has 1 fully saturated rings. The number of rotatable bonds is 5. The number of nitrogens with zero attached hydrogens (tertiary/aromatic N) is 2. The summed E-state index contributed by atoms with van der Waals surface area (Å²) in [5.41, 5.74) is 2.83. The highest BCUT2D eigenvalue weighted by molar-refractivity contribution is 5.88. The monoisotopic (exact) mass is 321 g/mol. The Bertz CT molecular complexity index is 818. The lowest BCUT2D eigenvalue weighted by atomic mass is 10.2. The van der Waals surface area contributed by atoms with Crippen molar-refractivity contribution in [2.24, 2.45) is 0 Å². The van der Waals surface area contributed by atoms with E-state index < -0.39 is 0 Å². The van der Waals surface area contributed by atoms with E-state index in [-0.39, 0.29) is 6.03 Å². The number of hydrogen-bond acceptors (Lipinski definition) is 3. The van der Waals surface area contributed by atoms with Crippen LogP contribution in [0.5, 0.6) is 0 Å². The summed E-state index contributed by atoms with van der Waals surface area (Å²) in [5, 5.41) is 6.79. The van der Waals surface area contributed by atoms with E-state index in [9.17, 15) is 4.79 Å². The summed E-state index contributed by atoms with van der Waals surface area (Å²) in [6.45, 7) is 0.555. The molecule has 2 amide bonds. The summed E-state index contributed by atoms with van der Waals surface area (Å²) in [6.07, 6.45) is 6.41. The number of aromatic amines is 1. The van der Waals surface area contributed by atoms with Crippen LogP contribution in [0.2, 0.25) is 0 Å². The standard InChI is InChI=1S/C18H19N5O/c24-18(23-15-10-20-17(21-11-15)12-5-6-12)19-8-7-14-9-13-3-1-2-4-16(13)22-14/h1-4,9-12,22H,5-8H2,(H2,19,23,24). The van der Waals surface area contributed by atoms with Crippen LogP contribution in [0.15, 0.2) is 42.7 Å². The molecule has 0 aliphatic heterocycles. The van der Waals surface area contributed by atoms with Crippen molar-refractivity contribution in [1.29, 1.82) is 0 Å². The lowest BCUT2D eigenvalue weighted by molar-refractivity contribution is 0.252. The Hall–Kier alpha value is -2.89. The van der Waals surface area contributed by atoms with Crippen molar-refractivity contribution in [2.75, 3.05) is 11.9 Å². The van der Waals surface area contributed by atoms with Gasteiger partial charge in [-0.15, -0.1) is 0 Å². The lowest BCUT2D eigenvalue weighted by Crippen LogP contribution is -2.30. The van der Waals surface area contributed by atoms with E-state index in [1.54, 1.807) is 12.4 Å². The van der Waals surface area contributed by atoms with Crippen LogP contribution in [0.4, 0.5) is 10.5 Å². The van der Waals surface area contributed by atoms with Crippen molar-refractivity contribution < 1.29 is 4.79 Å². The van der Waals surface area contributed by atoms with E-state index in [1.807, 2.05) is 18.2 Å². The van der Waals surface area contributed by atoms with E-state index in [4.69, 9.17) is 0 Å². The molecule has 3 N–H and O–H groups in total. The number of urea groups is 1. The van der Waals surface area contributed by atoms with Crippen LogP contribution in [0.25, 0.3) is 10.9 Å². The summed E-state index contributed by atoms with van der Waals surface area (Å²) < 4.78 is 0. The third-order valence-electron chi connectivity index (χ3n) is 4.14.